The maximum Gasteiger partial charge on any atom is 0.171 e. The first-order valence-electron chi connectivity index (χ1n) is 6.90. The summed E-state index contributed by atoms with van der Waals surface area (Å²) in [5, 5.41) is 8.12. The quantitative estimate of drug-likeness (QED) is 0.785. The van der Waals surface area contributed by atoms with E-state index in [1.54, 1.807) is 0 Å². The zero-order chi connectivity index (χ0) is 13.8. The third-order valence-electron chi connectivity index (χ3n) is 3.88. The average Bonchev–Trinajstić information content (AvgIpc) is 2.37. The zero-order valence-corrected chi connectivity index (χ0v) is 13.1. The normalized spacial score (nSPS) is 22.9. The summed E-state index contributed by atoms with van der Waals surface area (Å²) in [6.07, 6.45) is 5.13. The highest BCUT2D eigenvalue weighted by molar-refractivity contribution is 7.80. The fraction of sp³-hybridized carbons (Fsp3) is 0.533. The van der Waals surface area contributed by atoms with E-state index in [9.17, 15) is 0 Å². The van der Waals surface area contributed by atoms with E-state index in [4.69, 9.17) is 23.8 Å². The summed E-state index contributed by atoms with van der Waals surface area (Å²) in [4.78, 5) is 0. The molecule has 0 heterocycles. The van der Waals surface area contributed by atoms with Crippen LogP contribution in [-0.2, 0) is 0 Å². The first kappa shape index (κ1) is 14.6. The van der Waals surface area contributed by atoms with E-state index in [1.165, 1.54) is 25.7 Å². The predicted octanol–water partition coefficient (Wildman–Crippen LogP) is 4.51. The first-order chi connectivity index (χ1) is 9.06. The largest absolute Gasteiger partial charge is 0.359 e. The number of hydrogen-bond acceptors (Lipinski definition) is 1. The highest BCUT2D eigenvalue weighted by Gasteiger charge is 2.21. The van der Waals surface area contributed by atoms with Gasteiger partial charge < -0.3 is 10.6 Å². The van der Waals surface area contributed by atoms with Crippen molar-refractivity contribution in [3.63, 3.8) is 0 Å². The maximum absolute atomic E-state index is 6.01. The molecule has 0 aliphatic heterocycles. The molecule has 1 aliphatic rings. The number of hydrogen-bond donors (Lipinski definition) is 2. The number of anilines is 1. The molecule has 1 aromatic rings. The Balaban J connectivity index is 1.95. The molecule has 0 amide bonds. The van der Waals surface area contributed by atoms with E-state index in [2.05, 4.69) is 17.6 Å². The summed E-state index contributed by atoms with van der Waals surface area (Å²) < 4.78 is 0. The van der Waals surface area contributed by atoms with Crippen molar-refractivity contribution in [3.8, 4) is 0 Å². The van der Waals surface area contributed by atoms with Crippen LogP contribution < -0.4 is 10.6 Å². The molecule has 104 valence electrons. The van der Waals surface area contributed by atoms with Crippen molar-refractivity contribution in [3.05, 3.63) is 28.8 Å². The van der Waals surface area contributed by atoms with Gasteiger partial charge in [0.1, 0.15) is 0 Å². The molecule has 4 heteroatoms. The number of halogens is 1. The lowest BCUT2D eigenvalue weighted by molar-refractivity contribution is 0.309. The van der Waals surface area contributed by atoms with Gasteiger partial charge in [0.15, 0.2) is 5.11 Å². The molecule has 2 N–H and O–H groups in total. The summed E-state index contributed by atoms with van der Waals surface area (Å²) in [5.74, 6) is 0.689. The van der Waals surface area contributed by atoms with Crippen LogP contribution in [-0.4, -0.2) is 11.2 Å². The van der Waals surface area contributed by atoms with Gasteiger partial charge in [-0.1, -0.05) is 37.4 Å². The zero-order valence-electron chi connectivity index (χ0n) is 11.5. The average molecular weight is 297 g/mol. The van der Waals surface area contributed by atoms with Gasteiger partial charge in [-0.15, -0.1) is 0 Å². The number of nitrogens with one attached hydrogen (secondary N) is 2. The fourth-order valence-corrected chi connectivity index (χ4v) is 3.02. The summed E-state index contributed by atoms with van der Waals surface area (Å²) in [5.41, 5.74) is 2.12. The monoisotopic (exact) mass is 296 g/mol. The van der Waals surface area contributed by atoms with Crippen molar-refractivity contribution in [2.45, 2.75) is 45.6 Å². The molecular weight excluding hydrogens is 276 g/mol. The summed E-state index contributed by atoms with van der Waals surface area (Å²) in [7, 11) is 0. The van der Waals surface area contributed by atoms with Crippen LogP contribution >= 0.6 is 23.8 Å². The summed E-state index contributed by atoms with van der Waals surface area (Å²) in [6, 6.07) is 6.29. The Bertz CT molecular complexity index is 461. The van der Waals surface area contributed by atoms with Gasteiger partial charge in [0.05, 0.1) is 0 Å². The smallest absolute Gasteiger partial charge is 0.171 e. The Labute approximate surface area is 125 Å². The molecule has 0 spiro atoms. The molecule has 1 fully saturated rings. The van der Waals surface area contributed by atoms with Gasteiger partial charge in [0, 0.05) is 16.8 Å². The molecule has 0 radical (unpaired) electrons. The Morgan fingerprint density at radius 1 is 1.32 bits per heavy atom. The van der Waals surface area contributed by atoms with Crippen molar-refractivity contribution in [2.75, 3.05) is 5.32 Å². The number of thiocarbonyl (C=S) groups is 1. The molecule has 1 saturated carbocycles. The van der Waals surface area contributed by atoms with E-state index in [-0.39, 0.29) is 0 Å². The van der Waals surface area contributed by atoms with Crippen molar-refractivity contribution < 1.29 is 0 Å². The lowest BCUT2D eigenvalue weighted by Gasteiger charge is -2.30. The summed E-state index contributed by atoms with van der Waals surface area (Å²) >= 11 is 11.4. The van der Waals surface area contributed by atoms with Gasteiger partial charge in [-0.3, -0.25) is 0 Å². The van der Waals surface area contributed by atoms with Crippen LogP contribution in [0.15, 0.2) is 18.2 Å². The number of aryl methyl sites for hydroxylation is 1. The Morgan fingerprint density at radius 3 is 2.79 bits per heavy atom. The van der Waals surface area contributed by atoms with Gasteiger partial charge >= 0.3 is 0 Å². The van der Waals surface area contributed by atoms with Crippen molar-refractivity contribution in [1.82, 2.24) is 5.32 Å². The Kier molecular flexibility index (Phi) is 5.06. The first-order valence-corrected chi connectivity index (χ1v) is 7.68. The van der Waals surface area contributed by atoms with E-state index in [1.807, 2.05) is 25.1 Å². The van der Waals surface area contributed by atoms with Crippen molar-refractivity contribution >= 4 is 34.6 Å². The Morgan fingerprint density at radius 2 is 2.05 bits per heavy atom. The highest BCUT2D eigenvalue weighted by Crippen LogP contribution is 2.24. The minimum atomic E-state index is 0.494. The standard InChI is InChI=1S/C15H21ClN2S/c1-10-5-3-4-6-13(10)17-15(19)18-14-9-12(16)8-7-11(14)2/h7-10,13H,3-6H2,1-2H3,(H2,17,18,19)/t10-,13+/m1/s1. The molecule has 0 aromatic heterocycles. The van der Waals surface area contributed by atoms with E-state index < -0.39 is 0 Å². The minimum Gasteiger partial charge on any atom is -0.359 e. The van der Waals surface area contributed by atoms with Crippen LogP contribution in [0.25, 0.3) is 0 Å². The molecule has 2 nitrogen and oxygen atoms in total. The second-order valence-corrected chi connectivity index (χ2v) is 6.27. The number of benzene rings is 1. The second kappa shape index (κ2) is 6.58. The van der Waals surface area contributed by atoms with Gasteiger partial charge in [0.2, 0.25) is 0 Å². The highest BCUT2D eigenvalue weighted by atomic mass is 35.5. The molecule has 19 heavy (non-hydrogen) atoms. The second-order valence-electron chi connectivity index (χ2n) is 5.43. The third-order valence-corrected chi connectivity index (χ3v) is 4.33. The topological polar surface area (TPSA) is 24.1 Å². The summed E-state index contributed by atoms with van der Waals surface area (Å²) in [6.45, 7) is 4.34. The molecular formula is C15H21ClN2S. The molecule has 0 saturated heterocycles. The van der Waals surface area contributed by atoms with E-state index in [0.717, 1.165) is 16.3 Å². The van der Waals surface area contributed by atoms with Gasteiger partial charge in [-0.25, -0.2) is 0 Å². The van der Waals surface area contributed by atoms with Crippen LogP contribution in [0, 0.1) is 12.8 Å². The molecule has 1 aromatic carbocycles. The fourth-order valence-electron chi connectivity index (χ4n) is 2.59. The van der Waals surface area contributed by atoms with Crippen molar-refractivity contribution in [2.24, 2.45) is 5.92 Å². The molecule has 1 aliphatic carbocycles. The van der Waals surface area contributed by atoms with E-state index in [0.29, 0.717) is 17.1 Å². The van der Waals surface area contributed by atoms with Crippen LogP contribution in [0.5, 0.6) is 0 Å². The molecule has 2 atom stereocenters. The van der Waals surface area contributed by atoms with Crippen LogP contribution in [0.3, 0.4) is 0 Å². The molecule has 0 bridgehead atoms. The van der Waals surface area contributed by atoms with Crippen LogP contribution in [0.4, 0.5) is 5.69 Å². The maximum atomic E-state index is 6.01. The van der Waals surface area contributed by atoms with E-state index >= 15 is 0 Å². The van der Waals surface area contributed by atoms with Crippen molar-refractivity contribution in [1.29, 1.82) is 0 Å². The minimum absolute atomic E-state index is 0.494. The SMILES string of the molecule is Cc1ccc(Cl)cc1NC(=S)N[C@H]1CCCC[C@H]1C. The lowest BCUT2D eigenvalue weighted by atomic mass is 9.86. The van der Waals surface area contributed by atoms with Gasteiger partial charge in [-0.05, 0) is 55.6 Å². The number of rotatable bonds is 2. The predicted molar refractivity (Wildman–Crippen MR) is 87.0 cm³/mol. The van der Waals surface area contributed by atoms with Gasteiger partial charge in [-0.2, -0.15) is 0 Å². The molecule has 2 rings (SSSR count). The third kappa shape index (κ3) is 4.08. The molecule has 0 unspecified atom stereocenters. The van der Waals surface area contributed by atoms with Gasteiger partial charge in [0.25, 0.3) is 0 Å². The lowest BCUT2D eigenvalue weighted by Crippen LogP contribution is -2.43. The Hall–Kier alpha value is -0.800. The van der Waals surface area contributed by atoms with Crippen LogP contribution in [0.2, 0.25) is 5.02 Å². The van der Waals surface area contributed by atoms with Crippen LogP contribution in [0.1, 0.15) is 38.2 Å².